The van der Waals surface area contributed by atoms with E-state index >= 15 is 0 Å². The Morgan fingerprint density at radius 1 is 0.971 bits per heavy atom. The fourth-order valence-corrected chi connectivity index (χ4v) is 4.54. The van der Waals surface area contributed by atoms with Crippen LogP contribution in [0.25, 0.3) is 17.0 Å². The molecule has 1 N–H and O–H groups in total. The van der Waals surface area contributed by atoms with Gasteiger partial charge in [-0.3, -0.25) is 0 Å². The predicted octanol–water partition coefficient (Wildman–Crippen LogP) is 5.92. The number of aromatic nitrogens is 2. The van der Waals surface area contributed by atoms with Gasteiger partial charge in [-0.2, -0.15) is 4.98 Å². The summed E-state index contributed by atoms with van der Waals surface area (Å²) in [5, 5.41) is 7.99. The van der Waals surface area contributed by atoms with E-state index < -0.39 is 6.04 Å². The number of nitrogens with one attached hydrogen (secondary N) is 1. The summed E-state index contributed by atoms with van der Waals surface area (Å²) in [7, 11) is 0. The Bertz CT molecular complexity index is 1390. The molecule has 3 aromatic carbocycles. The van der Waals surface area contributed by atoms with Gasteiger partial charge in [0.05, 0.1) is 11.6 Å². The highest BCUT2D eigenvalue weighted by Crippen LogP contribution is 2.37. The van der Waals surface area contributed by atoms with Crippen molar-refractivity contribution in [1.29, 1.82) is 0 Å². The molecule has 1 aromatic heterocycles. The van der Waals surface area contributed by atoms with Crippen LogP contribution in [-0.2, 0) is 6.42 Å². The third kappa shape index (κ3) is 4.83. The minimum atomic E-state index is -0.479. The number of hydrogen-bond donors (Lipinski definition) is 1. The molecule has 0 spiro atoms. The van der Waals surface area contributed by atoms with E-state index in [1.807, 2.05) is 36.1 Å². The molecule has 176 valence electrons. The smallest absolute Gasteiger partial charge is 0.258 e. The summed E-state index contributed by atoms with van der Waals surface area (Å²) in [4.78, 5) is 6.59. The maximum atomic E-state index is 14.1. The molecular weight excluding hydrogens is 466 g/mol. The van der Waals surface area contributed by atoms with E-state index in [1.54, 1.807) is 18.2 Å². The van der Waals surface area contributed by atoms with Crippen LogP contribution in [0.3, 0.4) is 0 Å². The Morgan fingerprint density at radius 2 is 1.74 bits per heavy atom. The molecule has 5 rings (SSSR count). The molecule has 5 nitrogen and oxygen atoms in total. The van der Waals surface area contributed by atoms with Gasteiger partial charge in [0.2, 0.25) is 5.82 Å². The summed E-state index contributed by atoms with van der Waals surface area (Å²) >= 11 is 5.71. The lowest BCUT2D eigenvalue weighted by Gasteiger charge is -2.37. The zero-order chi connectivity index (χ0) is 24.4. The average Bonchev–Trinajstić information content (AvgIpc) is 3.34. The molecule has 1 aliphatic heterocycles. The molecule has 1 aliphatic rings. The second-order valence-electron chi connectivity index (χ2n) is 8.25. The van der Waals surface area contributed by atoms with Crippen molar-refractivity contribution in [1.82, 2.24) is 20.4 Å². The summed E-state index contributed by atoms with van der Waals surface area (Å²) in [5.74, 6) is -0.0735. The van der Waals surface area contributed by atoms with Crippen molar-refractivity contribution in [2.45, 2.75) is 19.4 Å². The topological polar surface area (TPSA) is 54.2 Å². The van der Waals surface area contributed by atoms with Crippen molar-refractivity contribution in [2.75, 3.05) is 6.54 Å². The molecule has 1 unspecified atom stereocenters. The highest BCUT2D eigenvalue weighted by Gasteiger charge is 2.34. The first-order chi connectivity index (χ1) is 17.0. The van der Waals surface area contributed by atoms with Gasteiger partial charge < -0.3 is 14.7 Å². The van der Waals surface area contributed by atoms with E-state index in [9.17, 15) is 8.78 Å². The van der Waals surface area contributed by atoms with Gasteiger partial charge >= 0.3 is 0 Å². The molecule has 1 atom stereocenters. The SMILES string of the molecule is CC1=C(c2nc(-c3ccc(F)cc3)no2)C(c2cccc(F)c2)NC(=S)N1CCc1ccccc1. The van der Waals surface area contributed by atoms with Crippen LogP contribution >= 0.6 is 12.2 Å². The van der Waals surface area contributed by atoms with Gasteiger partial charge in [-0.05, 0) is 73.1 Å². The minimum absolute atomic E-state index is 0.288. The molecule has 8 heteroatoms. The van der Waals surface area contributed by atoms with Gasteiger partial charge in [0, 0.05) is 17.8 Å². The highest BCUT2D eigenvalue weighted by atomic mass is 32.1. The average molecular weight is 489 g/mol. The van der Waals surface area contributed by atoms with Crippen LogP contribution in [0, 0.1) is 11.6 Å². The van der Waals surface area contributed by atoms with Crippen molar-refractivity contribution in [2.24, 2.45) is 0 Å². The van der Waals surface area contributed by atoms with Crippen molar-refractivity contribution >= 4 is 22.9 Å². The summed E-state index contributed by atoms with van der Waals surface area (Å²) in [5.41, 5.74) is 4.05. The number of halogens is 2. The fraction of sp³-hybridized carbons (Fsp3) is 0.148. The maximum Gasteiger partial charge on any atom is 0.258 e. The Hall–Kier alpha value is -3.91. The molecule has 4 aromatic rings. The number of allylic oxidation sites excluding steroid dienone is 1. The molecule has 2 heterocycles. The van der Waals surface area contributed by atoms with Gasteiger partial charge in [0.1, 0.15) is 11.6 Å². The molecule has 0 saturated heterocycles. The first kappa shape index (κ1) is 22.9. The summed E-state index contributed by atoms with van der Waals surface area (Å²) in [6.45, 7) is 2.58. The number of nitrogens with zero attached hydrogens (tertiary/aromatic N) is 3. The molecule has 0 amide bonds. The van der Waals surface area contributed by atoms with E-state index in [1.165, 1.54) is 29.8 Å². The molecule has 0 aliphatic carbocycles. The normalized spacial score (nSPS) is 15.9. The van der Waals surface area contributed by atoms with Gasteiger partial charge in [-0.1, -0.05) is 47.6 Å². The van der Waals surface area contributed by atoms with Crippen LogP contribution in [0.2, 0.25) is 0 Å². The third-order valence-electron chi connectivity index (χ3n) is 6.00. The molecule has 0 fully saturated rings. The Morgan fingerprint density at radius 3 is 2.49 bits per heavy atom. The standard InChI is InChI=1S/C27H22F2N4OS/c1-17-23(26-31-25(32-34-26)19-10-12-21(28)13-11-19)24(20-8-5-9-22(29)16-20)30-27(35)33(17)15-14-18-6-3-2-4-7-18/h2-13,16,24H,14-15H2,1H3,(H,30,35). The first-order valence-corrected chi connectivity index (χ1v) is 11.6. The molecule has 0 bridgehead atoms. The van der Waals surface area contributed by atoms with Gasteiger partial charge in [0.25, 0.3) is 5.89 Å². The lowest BCUT2D eigenvalue weighted by Crippen LogP contribution is -2.46. The van der Waals surface area contributed by atoms with E-state index in [4.69, 9.17) is 16.7 Å². The lowest BCUT2D eigenvalue weighted by atomic mass is 9.94. The molecule has 0 radical (unpaired) electrons. The predicted molar refractivity (Wildman–Crippen MR) is 134 cm³/mol. The zero-order valence-electron chi connectivity index (χ0n) is 18.9. The van der Waals surface area contributed by atoms with Crippen LogP contribution in [-0.4, -0.2) is 26.7 Å². The van der Waals surface area contributed by atoms with Crippen LogP contribution in [0.5, 0.6) is 0 Å². The number of thiocarbonyl (C=S) groups is 1. The van der Waals surface area contributed by atoms with E-state index in [0.717, 1.165) is 12.1 Å². The summed E-state index contributed by atoms with van der Waals surface area (Å²) in [6.07, 6.45) is 0.780. The van der Waals surface area contributed by atoms with Gasteiger partial charge in [0.15, 0.2) is 5.11 Å². The second kappa shape index (κ2) is 9.76. The van der Waals surface area contributed by atoms with Crippen molar-refractivity contribution in [3.05, 3.63) is 113 Å². The van der Waals surface area contributed by atoms with Gasteiger partial charge in [-0.25, -0.2) is 8.78 Å². The zero-order valence-corrected chi connectivity index (χ0v) is 19.7. The minimum Gasteiger partial charge on any atom is -0.351 e. The van der Waals surface area contributed by atoms with Crippen LogP contribution in [0.15, 0.2) is 89.1 Å². The monoisotopic (exact) mass is 488 g/mol. The first-order valence-electron chi connectivity index (χ1n) is 11.2. The van der Waals surface area contributed by atoms with E-state index in [0.29, 0.717) is 34.2 Å². The Labute approximate surface area is 207 Å². The van der Waals surface area contributed by atoms with Crippen molar-refractivity contribution < 1.29 is 13.3 Å². The Balaban J connectivity index is 1.55. The third-order valence-corrected chi connectivity index (χ3v) is 6.34. The van der Waals surface area contributed by atoms with E-state index in [-0.39, 0.29) is 17.5 Å². The molecule has 35 heavy (non-hydrogen) atoms. The van der Waals surface area contributed by atoms with Crippen LogP contribution in [0.4, 0.5) is 8.78 Å². The van der Waals surface area contributed by atoms with E-state index in [2.05, 4.69) is 27.6 Å². The summed E-state index contributed by atoms with van der Waals surface area (Å²) < 4.78 is 33.2. The number of benzene rings is 3. The van der Waals surface area contributed by atoms with Crippen LogP contribution < -0.4 is 5.32 Å². The van der Waals surface area contributed by atoms with Crippen molar-refractivity contribution in [3.63, 3.8) is 0 Å². The molecular formula is C27H22F2N4OS. The number of rotatable bonds is 6. The second-order valence-corrected chi connectivity index (χ2v) is 8.64. The largest absolute Gasteiger partial charge is 0.351 e. The van der Waals surface area contributed by atoms with Gasteiger partial charge in [-0.15, -0.1) is 0 Å². The summed E-state index contributed by atoms with van der Waals surface area (Å²) in [6, 6.07) is 21.9. The van der Waals surface area contributed by atoms with Crippen LogP contribution in [0.1, 0.15) is 30.0 Å². The van der Waals surface area contributed by atoms with Crippen molar-refractivity contribution in [3.8, 4) is 11.4 Å². The maximum absolute atomic E-state index is 14.1. The lowest BCUT2D eigenvalue weighted by molar-refractivity contribution is 0.397. The quantitative estimate of drug-likeness (QED) is 0.340. The highest BCUT2D eigenvalue weighted by molar-refractivity contribution is 7.80. The Kier molecular flexibility index (Phi) is 6.37. The fourth-order valence-electron chi connectivity index (χ4n) is 4.20. The molecule has 0 saturated carbocycles. The number of hydrogen-bond acceptors (Lipinski definition) is 4.